The van der Waals surface area contributed by atoms with Crippen LogP contribution >= 0.6 is 45.2 Å². The molecule has 0 saturated carbocycles. The molecule has 0 aliphatic heterocycles. The molecule has 0 amide bonds. The summed E-state index contributed by atoms with van der Waals surface area (Å²) >= 11 is 4.19. The Bertz CT molecular complexity index is 334. The van der Waals surface area contributed by atoms with Gasteiger partial charge in [0.2, 0.25) is 0 Å². The van der Waals surface area contributed by atoms with Gasteiger partial charge in [-0.3, -0.25) is 4.79 Å². The van der Waals surface area contributed by atoms with Crippen LogP contribution in [0, 0.1) is 7.14 Å². The SMILES string of the molecule is CC(=O)c1c(O)ccc(I)c1I. The number of hydrogen-bond donors (Lipinski definition) is 1. The van der Waals surface area contributed by atoms with Crippen LogP contribution in [-0.2, 0) is 0 Å². The Hall–Kier alpha value is 0.150. The summed E-state index contributed by atoms with van der Waals surface area (Å²) in [5, 5.41) is 9.36. The number of halogens is 2. The molecule has 0 fully saturated rings. The quantitative estimate of drug-likeness (QED) is 0.594. The van der Waals surface area contributed by atoms with E-state index in [1.165, 1.54) is 6.92 Å². The van der Waals surface area contributed by atoms with Crippen LogP contribution in [0.15, 0.2) is 12.1 Å². The summed E-state index contributed by atoms with van der Waals surface area (Å²) in [5.74, 6) is -0.0391. The van der Waals surface area contributed by atoms with Crippen molar-refractivity contribution in [1.29, 1.82) is 0 Å². The number of ketones is 1. The van der Waals surface area contributed by atoms with Crippen molar-refractivity contribution in [3.8, 4) is 5.75 Å². The monoisotopic (exact) mass is 388 g/mol. The molecule has 4 heteroatoms. The largest absolute Gasteiger partial charge is 0.507 e. The topological polar surface area (TPSA) is 37.3 Å². The van der Waals surface area contributed by atoms with Crippen molar-refractivity contribution in [2.45, 2.75) is 6.92 Å². The van der Waals surface area contributed by atoms with Gasteiger partial charge in [-0.25, -0.2) is 0 Å². The molecule has 0 radical (unpaired) electrons. The molecule has 0 aliphatic rings. The first-order chi connectivity index (χ1) is 5.54. The molecule has 1 N–H and O–H groups in total. The minimum Gasteiger partial charge on any atom is -0.507 e. The lowest BCUT2D eigenvalue weighted by Crippen LogP contribution is -1.98. The van der Waals surface area contributed by atoms with E-state index in [4.69, 9.17) is 0 Å². The summed E-state index contributed by atoms with van der Waals surface area (Å²) in [7, 11) is 0. The third kappa shape index (κ3) is 1.90. The van der Waals surface area contributed by atoms with Gasteiger partial charge < -0.3 is 5.11 Å². The number of phenolic OH excluding ortho intramolecular Hbond substituents is 1. The number of rotatable bonds is 1. The van der Waals surface area contributed by atoms with Crippen molar-refractivity contribution in [2.75, 3.05) is 0 Å². The summed E-state index contributed by atoms with van der Waals surface area (Å²) in [4.78, 5) is 11.1. The zero-order valence-corrected chi connectivity index (χ0v) is 10.6. The van der Waals surface area contributed by atoms with Crippen LogP contribution in [0.25, 0.3) is 0 Å². The minimum atomic E-state index is -0.101. The van der Waals surface area contributed by atoms with Gasteiger partial charge in [0.25, 0.3) is 0 Å². The predicted octanol–water partition coefficient (Wildman–Crippen LogP) is 2.80. The molecule has 1 rings (SSSR count). The van der Waals surface area contributed by atoms with E-state index < -0.39 is 0 Å². The molecule has 0 aliphatic carbocycles. The minimum absolute atomic E-state index is 0.0623. The van der Waals surface area contributed by atoms with Gasteiger partial charge in [-0.05, 0) is 64.2 Å². The maximum absolute atomic E-state index is 11.1. The maximum Gasteiger partial charge on any atom is 0.164 e. The van der Waals surface area contributed by atoms with Crippen LogP contribution < -0.4 is 0 Å². The second-order valence-corrected chi connectivity index (χ2v) is 4.55. The van der Waals surface area contributed by atoms with E-state index in [-0.39, 0.29) is 11.5 Å². The van der Waals surface area contributed by atoms with E-state index in [0.29, 0.717) is 5.56 Å². The van der Waals surface area contributed by atoms with Crippen LogP contribution in [-0.4, -0.2) is 10.9 Å². The van der Waals surface area contributed by atoms with Crippen molar-refractivity contribution in [2.24, 2.45) is 0 Å². The highest BCUT2D eigenvalue weighted by Crippen LogP contribution is 2.27. The van der Waals surface area contributed by atoms with Gasteiger partial charge in [-0.15, -0.1) is 0 Å². The first-order valence-corrected chi connectivity index (χ1v) is 5.37. The van der Waals surface area contributed by atoms with Gasteiger partial charge >= 0.3 is 0 Å². The third-order valence-corrected chi connectivity index (χ3v) is 4.48. The normalized spacial score (nSPS) is 9.92. The predicted molar refractivity (Wildman–Crippen MR) is 63.5 cm³/mol. The molecule has 1 aromatic rings. The molecule has 0 heterocycles. The lowest BCUT2D eigenvalue weighted by molar-refractivity contribution is 0.101. The Morgan fingerprint density at radius 1 is 1.42 bits per heavy atom. The highest BCUT2D eigenvalue weighted by Gasteiger charge is 2.12. The van der Waals surface area contributed by atoms with E-state index >= 15 is 0 Å². The smallest absolute Gasteiger partial charge is 0.164 e. The standard InChI is InChI=1S/C8H6I2O2/c1-4(11)7-6(12)3-2-5(9)8(7)10/h2-3,12H,1H3. The van der Waals surface area contributed by atoms with Crippen LogP contribution in [0.2, 0.25) is 0 Å². The average molecular weight is 388 g/mol. The fourth-order valence-corrected chi connectivity index (χ4v) is 2.16. The van der Waals surface area contributed by atoms with Gasteiger partial charge in [-0.2, -0.15) is 0 Å². The third-order valence-electron chi connectivity index (χ3n) is 1.42. The highest BCUT2D eigenvalue weighted by atomic mass is 127. The van der Waals surface area contributed by atoms with E-state index in [2.05, 4.69) is 45.2 Å². The second-order valence-electron chi connectivity index (χ2n) is 2.31. The summed E-state index contributed by atoms with van der Waals surface area (Å²) in [6.45, 7) is 1.45. The van der Waals surface area contributed by atoms with Gasteiger partial charge in [0, 0.05) is 7.14 Å². The number of carbonyl (C=O) groups is 1. The molecule has 12 heavy (non-hydrogen) atoms. The summed E-state index contributed by atoms with van der Waals surface area (Å²) in [5.41, 5.74) is 0.419. The Labute approximate surface area is 97.6 Å². The molecule has 0 atom stereocenters. The van der Waals surface area contributed by atoms with Crippen molar-refractivity contribution >= 4 is 51.0 Å². The van der Waals surface area contributed by atoms with Crippen LogP contribution in [0.4, 0.5) is 0 Å². The maximum atomic E-state index is 11.1. The molecule has 64 valence electrons. The fraction of sp³-hybridized carbons (Fsp3) is 0.125. The lowest BCUT2D eigenvalue weighted by atomic mass is 10.1. The molecule has 2 nitrogen and oxygen atoms in total. The molecule has 0 spiro atoms. The molecular weight excluding hydrogens is 382 g/mol. The van der Waals surface area contributed by atoms with Crippen molar-refractivity contribution in [1.82, 2.24) is 0 Å². The van der Waals surface area contributed by atoms with Crippen LogP contribution in [0.1, 0.15) is 17.3 Å². The lowest BCUT2D eigenvalue weighted by Gasteiger charge is -2.04. The molecule has 0 aromatic heterocycles. The molecular formula is C8H6I2O2. The number of carbonyl (C=O) groups excluding carboxylic acids is 1. The van der Waals surface area contributed by atoms with Gasteiger partial charge in [0.15, 0.2) is 5.78 Å². The van der Waals surface area contributed by atoms with Gasteiger partial charge in [-0.1, -0.05) is 0 Å². The van der Waals surface area contributed by atoms with Gasteiger partial charge in [0.05, 0.1) is 5.56 Å². The van der Waals surface area contributed by atoms with Crippen molar-refractivity contribution in [3.05, 3.63) is 24.8 Å². The van der Waals surface area contributed by atoms with Gasteiger partial charge in [0.1, 0.15) is 5.75 Å². The zero-order chi connectivity index (χ0) is 9.30. The van der Waals surface area contributed by atoms with Crippen molar-refractivity contribution in [3.63, 3.8) is 0 Å². The van der Waals surface area contributed by atoms with E-state index in [0.717, 1.165) is 7.14 Å². The summed E-state index contributed by atoms with van der Waals surface area (Å²) < 4.78 is 1.80. The number of aromatic hydroxyl groups is 1. The summed E-state index contributed by atoms with van der Waals surface area (Å²) in [6, 6.07) is 3.32. The Morgan fingerprint density at radius 3 is 2.42 bits per heavy atom. The second kappa shape index (κ2) is 3.91. The molecule has 0 unspecified atom stereocenters. The molecule has 1 aromatic carbocycles. The average Bonchev–Trinajstić information content (AvgIpc) is 1.97. The van der Waals surface area contributed by atoms with Crippen molar-refractivity contribution < 1.29 is 9.90 Å². The highest BCUT2D eigenvalue weighted by molar-refractivity contribution is 14.1. The van der Waals surface area contributed by atoms with E-state index in [9.17, 15) is 9.90 Å². The number of phenols is 1. The van der Waals surface area contributed by atoms with Crippen LogP contribution in [0.3, 0.4) is 0 Å². The number of benzene rings is 1. The summed E-state index contributed by atoms with van der Waals surface area (Å²) in [6.07, 6.45) is 0. The Kier molecular flexibility index (Phi) is 3.33. The first-order valence-electron chi connectivity index (χ1n) is 3.22. The molecule has 0 saturated heterocycles. The zero-order valence-electron chi connectivity index (χ0n) is 6.27. The Morgan fingerprint density at radius 2 is 2.00 bits per heavy atom. The van der Waals surface area contributed by atoms with Crippen LogP contribution in [0.5, 0.6) is 5.75 Å². The number of hydrogen-bond acceptors (Lipinski definition) is 2. The Balaban J connectivity index is 3.43. The van der Waals surface area contributed by atoms with E-state index in [1.54, 1.807) is 12.1 Å². The number of Topliss-reactive ketones (excluding diaryl/α,β-unsaturated/α-hetero) is 1. The first kappa shape index (κ1) is 10.2. The fourth-order valence-electron chi connectivity index (χ4n) is 0.875. The molecule has 0 bridgehead atoms. The van der Waals surface area contributed by atoms with E-state index in [1.807, 2.05) is 0 Å².